The molecule has 0 saturated carbocycles. The van der Waals surface area contributed by atoms with Crippen LogP contribution in [0.25, 0.3) is 5.57 Å². The second-order valence-corrected chi connectivity index (χ2v) is 3.46. The molecule has 13 heavy (non-hydrogen) atoms. The molecule has 0 bridgehead atoms. The normalized spacial score (nSPS) is 10.1. The summed E-state index contributed by atoms with van der Waals surface area (Å²) in [6, 6.07) is 6.42. The van der Waals surface area contributed by atoms with Crippen molar-refractivity contribution in [3.63, 3.8) is 0 Å². The van der Waals surface area contributed by atoms with Gasteiger partial charge in [-0.2, -0.15) is 0 Å². The van der Waals surface area contributed by atoms with Crippen molar-refractivity contribution < 1.29 is 0 Å². The monoisotopic (exact) mass is 175 g/mol. The maximum atomic E-state index is 5.49. The smallest absolute Gasteiger partial charge is 0.00367 e. The third-order valence-corrected chi connectivity index (χ3v) is 2.21. The van der Waals surface area contributed by atoms with Gasteiger partial charge in [0.15, 0.2) is 0 Å². The van der Waals surface area contributed by atoms with Crippen molar-refractivity contribution in [1.82, 2.24) is 0 Å². The third kappa shape index (κ3) is 2.43. The minimum Gasteiger partial charge on any atom is -0.330 e. The van der Waals surface area contributed by atoms with Crippen molar-refractivity contribution in [2.24, 2.45) is 5.73 Å². The van der Waals surface area contributed by atoms with Crippen molar-refractivity contribution >= 4 is 5.57 Å². The van der Waals surface area contributed by atoms with Crippen LogP contribution in [0, 0.1) is 13.8 Å². The van der Waals surface area contributed by atoms with Crippen LogP contribution in [0.3, 0.4) is 0 Å². The molecule has 0 saturated heterocycles. The molecule has 0 aromatic heterocycles. The van der Waals surface area contributed by atoms with Crippen LogP contribution in [0.2, 0.25) is 0 Å². The lowest BCUT2D eigenvalue weighted by atomic mass is 9.98. The molecule has 2 N–H and O–H groups in total. The fourth-order valence-corrected chi connectivity index (χ4v) is 1.52. The summed E-state index contributed by atoms with van der Waals surface area (Å²) in [5.74, 6) is 0. The zero-order valence-electron chi connectivity index (χ0n) is 8.43. The van der Waals surface area contributed by atoms with E-state index in [1.807, 2.05) is 0 Å². The van der Waals surface area contributed by atoms with E-state index in [1.54, 1.807) is 0 Å². The molecule has 0 aliphatic heterocycles. The molecular formula is C12H17N. The summed E-state index contributed by atoms with van der Waals surface area (Å²) in [6.07, 6.45) is 0.879. The van der Waals surface area contributed by atoms with E-state index in [4.69, 9.17) is 5.73 Å². The highest BCUT2D eigenvalue weighted by Crippen LogP contribution is 2.20. The Balaban J connectivity index is 2.95. The van der Waals surface area contributed by atoms with Gasteiger partial charge in [0.2, 0.25) is 0 Å². The topological polar surface area (TPSA) is 26.0 Å². The fourth-order valence-electron chi connectivity index (χ4n) is 1.52. The first-order valence-electron chi connectivity index (χ1n) is 4.60. The average Bonchev–Trinajstić information content (AvgIpc) is 2.04. The van der Waals surface area contributed by atoms with Gasteiger partial charge in [-0.15, -0.1) is 0 Å². The number of aryl methyl sites for hydroxylation is 2. The highest BCUT2D eigenvalue weighted by atomic mass is 14.5. The van der Waals surface area contributed by atoms with Crippen LogP contribution in [0.15, 0.2) is 24.8 Å². The average molecular weight is 175 g/mol. The summed E-state index contributed by atoms with van der Waals surface area (Å²) in [6.45, 7) is 8.91. The highest BCUT2D eigenvalue weighted by Gasteiger charge is 2.01. The molecular weight excluding hydrogens is 158 g/mol. The van der Waals surface area contributed by atoms with Gasteiger partial charge >= 0.3 is 0 Å². The summed E-state index contributed by atoms with van der Waals surface area (Å²) < 4.78 is 0. The Bertz CT molecular complexity index is 313. The van der Waals surface area contributed by atoms with Crippen LogP contribution < -0.4 is 5.73 Å². The molecule has 0 aliphatic carbocycles. The standard InChI is InChI=1S/C12H17N/c1-9-4-5-12(11(3)8-9)10(2)6-7-13/h4-5,8H,2,6-7,13H2,1,3H3. The second kappa shape index (κ2) is 4.24. The van der Waals surface area contributed by atoms with Crippen LogP contribution >= 0.6 is 0 Å². The fraction of sp³-hybridized carbons (Fsp3) is 0.333. The Labute approximate surface area is 80.3 Å². The maximum Gasteiger partial charge on any atom is -0.00367 e. The molecule has 1 nitrogen and oxygen atoms in total. The van der Waals surface area contributed by atoms with Gasteiger partial charge in [0.1, 0.15) is 0 Å². The van der Waals surface area contributed by atoms with Crippen LogP contribution in [-0.2, 0) is 0 Å². The lowest BCUT2D eigenvalue weighted by molar-refractivity contribution is 1.02. The molecule has 70 valence electrons. The summed E-state index contributed by atoms with van der Waals surface area (Å²) in [5.41, 5.74) is 10.5. The van der Waals surface area contributed by atoms with Gasteiger partial charge in [-0.1, -0.05) is 30.3 Å². The van der Waals surface area contributed by atoms with Crippen LogP contribution in [0.4, 0.5) is 0 Å². The number of hydrogen-bond acceptors (Lipinski definition) is 1. The number of hydrogen-bond donors (Lipinski definition) is 1. The Morgan fingerprint density at radius 2 is 2.08 bits per heavy atom. The van der Waals surface area contributed by atoms with Gasteiger partial charge in [-0.05, 0) is 43.5 Å². The van der Waals surface area contributed by atoms with Crippen molar-refractivity contribution in [2.45, 2.75) is 20.3 Å². The molecule has 0 fully saturated rings. The Morgan fingerprint density at radius 3 is 2.62 bits per heavy atom. The third-order valence-electron chi connectivity index (χ3n) is 2.21. The largest absolute Gasteiger partial charge is 0.330 e. The van der Waals surface area contributed by atoms with Crippen molar-refractivity contribution in [2.75, 3.05) is 6.54 Å². The first-order valence-corrected chi connectivity index (χ1v) is 4.60. The van der Waals surface area contributed by atoms with E-state index in [0.29, 0.717) is 6.54 Å². The van der Waals surface area contributed by atoms with E-state index < -0.39 is 0 Å². The summed E-state index contributed by atoms with van der Waals surface area (Å²) in [7, 11) is 0. The predicted molar refractivity (Wildman–Crippen MR) is 58.6 cm³/mol. The lowest BCUT2D eigenvalue weighted by Crippen LogP contribution is -2.00. The molecule has 1 aromatic rings. The van der Waals surface area contributed by atoms with Crippen molar-refractivity contribution in [3.8, 4) is 0 Å². The molecule has 0 amide bonds. The van der Waals surface area contributed by atoms with E-state index in [2.05, 4.69) is 38.6 Å². The number of benzene rings is 1. The first kappa shape index (κ1) is 10.0. The van der Waals surface area contributed by atoms with Crippen LogP contribution in [0.1, 0.15) is 23.1 Å². The predicted octanol–water partition coefficient (Wildman–Crippen LogP) is 2.67. The van der Waals surface area contributed by atoms with E-state index in [9.17, 15) is 0 Å². The van der Waals surface area contributed by atoms with Gasteiger partial charge in [0, 0.05) is 0 Å². The molecule has 0 unspecified atom stereocenters. The Hall–Kier alpha value is -1.08. The number of nitrogens with two attached hydrogens (primary N) is 1. The van der Waals surface area contributed by atoms with Gasteiger partial charge < -0.3 is 5.73 Å². The molecule has 1 heteroatoms. The molecule has 0 spiro atoms. The molecule has 0 heterocycles. The van der Waals surface area contributed by atoms with Gasteiger partial charge in [0.05, 0.1) is 0 Å². The SMILES string of the molecule is C=C(CCN)c1ccc(C)cc1C. The van der Waals surface area contributed by atoms with Crippen molar-refractivity contribution in [1.29, 1.82) is 0 Å². The van der Waals surface area contributed by atoms with Crippen molar-refractivity contribution in [3.05, 3.63) is 41.5 Å². The van der Waals surface area contributed by atoms with Gasteiger partial charge in [-0.25, -0.2) is 0 Å². The van der Waals surface area contributed by atoms with E-state index >= 15 is 0 Å². The molecule has 0 atom stereocenters. The second-order valence-electron chi connectivity index (χ2n) is 3.46. The zero-order chi connectivity index (χ0) is 9.84. The zero-order valence-corrected chi connectivity index (χ0v) is 8.43. The molecule has 1 aromatic carbocycles. The number of rotatable bonds is 3. The van der Waals surface area contributed by atoms with E-state index in [0.717, 1.165) is 12.0 Å². The summed E-state index contributed by atoms with van der Waals surface area (Å²) >= 11 is 0. The van der Waals surface area contributed by atoms with Crippen LogP contribution in [0.5, 0.6) is 0 Å². The quantitative estimate of drug-likeness (QED) is 0.751. The molecule has 1 rings (SSSR count). The Kier molecular flexibility index (Phi) is 3.26. The van der Waals surface area contributed by atoms with E-state index in [-0.39, 0.29) is 0 Å². The van der Waals surface area contributed by atoms with Gasteiger partial charge in [0.25, 0.3) is 0 Å². The minimum atomic E-state index is 0.673. The first-order chi connectivity index (χ1) is 6.15. The van der Waals surface area contributed by atoms with E-state index in [1.165, 1.54) is 16.7 Å². The minimum absolute atomic E-state index is 0.673. The highest BCUT2D eigenvalue weighted by molar-refractivity contribution is 5.66. The van der Waals surface area contributed by atoms with Crippen LogP contribution in [-0.4, -0.2) is 6.54 Å². The lowest BCUT2D eigenvalue weighted by Gasteiger charge is -2.08. The van der Waals surface area contributed by atoms with Gasteiger partial charge in [-0.3, -0.25) is 0 Å². The Morgan fingerprint density at radius 1 is 1.38 bits per heavy atom. The summed E-state index contributed by atoms with van der Waals surface area (Å²) in [5, 5.41) is 0. The summed E-state index contributed by atoms with van der Waals surface area (Å²) in [4.78, 5) is 0. The molecule has 0 aliphatic rings. The molecule has 0 radical (unpaired) electrons. The maximum absolute atomic E-state index is 5.49.